The summed E-state index contributed by atoms with van der Waals surface area (Å²) in [6, 6.07) is 27.2. The lowest BCUT2D eigenvalue weighted by molar-refractivity contribution is -0.136. The largest absolute Gasteiger partial charge is 0.497 e. The lowest BCUT2D eigenvalue weighted by atomic mass is 9.88. The quantitative estimate of drug-likeness (QED) is 0.378. The Hall–Kier alpha value is -3.93. The van der Waals surface area contributed by atoms with E-state index in [1.807, 2.05) is 89.8 Å². The predicted molar refractivity (Wildman–Crippen MR) is 129 cm³/mol. The van der Waals surface area contributed by atoms with E-state index in [1.54, 1.807) is 7.11 Å². The van der Waals surface area contributed by atoms with Gasteiger partial charge in [-0.1, -0.05) is 78.0 Å². The van der Waals surface area contributed by atoms with Gasteiger partial charge in [0.25, 0.3) is 0 Å². The van der Waals surface area contributed by atoms with Crippen molar-refractivity contribution in [3.8, 4) is 17.1 Å². The van der Waals surface area contributed by atoms with Gasteiger partial charge in [-0.2, -0.15) is 4.98 Å². The molecule has 0 N–H and O–H groups in total. The van der Waals surface area contributed by atoms with Crippen LogP contribution in [0.5, 0.6) is 5.75 Å². The van der Waals surface area contributed by atoms with Gasteiger partial charge in [0.1, 0.15) is 11.8 Å². The number of methoxy groups -OCH3 is 1. The van der Waals surface area contributed by atoms with Gasteiger partial charge in [-0.3, -0.25) is 4.79 Å². The first-order chi connectivity index (χ1) is 16.7. The number of amides is 1. The number of ether oxygens (including phenoxy) is 1. The standard InChI is InChI=1S/C28H27N3O3/c1-33-23-16-10-15-22(19-23)26-29-27(34-30-26)24-17-8-9-18-31(24)28(32)25(20-11-4-2-5-12-20)21-13-6-3-7-14-21/h2-7,10-16,19,24-25H,8-9,17-18H2,1H3. The van der Waals surface area contributed by atoms with E-state index in [2.05, 4.69) is 10.1 Å². The molecule has 1 aliphatic heterocycles. The van der Waals surface area contributed by atoms with E-state index in [4.69, 9.17) is 9.26 Å². The summed E-state index contributed by atoms with van der Waals surface area (Å²) in [5, 5.41) is 4.21. The first-order valence-electron chi connectivity index (χ1n) is 11.6. The molecule has 6 heteroatoms. The van der Waals surface area contributed by atoms with Crippen LogP contribution in [-0.4, -0.2) is 34.6 Å². The fourth-order valence-electron chi connectivity index (χ4n) is 4.64. The highest BCUT2D eigenvalue weighted by Crippen LogP contribution is 2.36. The number of benzene rings is 3. The summed E-state index contributed by atoms with van der Waals surface area (Å²) in [7, 11) is 1.63. The Balaban J connectivity index is 1.47. The summed E-state index contributed by atoms with van der Waals surface area (Å²) in [6.07, 6.45) is 2.75. The first kappa shape index (κ1) is 21.9. The van der Waals surface area contributed by atoms with Crippen LogP contribution >= 0.6 is 0 Å². The van der Waals surface area contributed by atoms with Crippen LogP contribution in [0, 0.1) is 0 Å². The molecule has 1 aliphatic rings. The maximum atomic E-state index is 14.1. The average Bonchev–Trinajstić information content (AvgIpc) is 3.40. The van der Waals surface area contributed by atoms with Crippen molar-refractivity contribution < 1.29 is 14.1 Å². The summed E-state index contributed by atoms with van der Waals surface area (Å²) < 4.78 is 11.0. The van der Waals surface area contributed by atoms with Crippen LogP contribution in [-0.2, 0) is 4.79 Å². The summed E-state index contributed by atoms with van der Waals surface area (Å²) in [4.78, 5) is 20.7. The number of rotatable bonds is 6. The Morgan fingerprint density at radius 2 is 1.68 bits per heavy atom. The molecule has 34 heavy (non-hydrogen) atoms. The molecular weight excluding hydrogens is 426 g/mol. The minimum atomic E-state index is -0.385. The first-order valence-corrected chi connectivity index (χ1v) is 11.6. The van der Waals surface area contributed by atoms with Crippen LogP contribution in [0.3, 0.4) is 0 Å². The van der Waals surface area contributed by atoms with Gasteiger partial charge in [0.15, 0.2) is 0 Å². The van der Waals surface area contributed by atoms with Gasteiger partial charge in [-0.15, -0.1) is 0 Å². The smallest absolute Gasteiger partial charge is 0.249 e. The van der Waals surface area contributed by atoms with E-state index >= 15 is 0 Å². The van der Waals surface area contributed by atoms with Gasteiger partial charge in [0.05, 0.1) is 13.0 Å². The number of likely N-dealkylation sites (tertiary alicyclic amines) is 1. The lowest BCUT2D eigenvalue weighted by Crippen LogP contribution is -2.41. The van der Waals surface area contributed by atoms with Crippen LogP contribution in [0.15, 0.2) is 89.5 Å². The Morgan fingerprint density at radius 1 is 0.971 bits per heavy atom. The van der Waals surface area contributed by atoms with Crippen molar-refractivity contribution in [3.63, 3.8) is 0 Å². The Bertz CT molecular complexity index is 1200. The van der Waals surface area contributed by atoms with Gasteiger partial charge >= 0.3 is 0 Å². The number of carbonyl (C=O) groups excluding carboxylic acids is 1. The molecule has 1 saturated heterocycles. The average molecular weight is 454 g/mol. The molecule has 2 heterocycles. The zero-order valence-electron chi connectivity index (χ0n) is 19.1. The molecule has 0 spiro atoms. The third-order valence-electron chi connectivity index (χ3n) is 6.35. The number of carbonyl (C=O) groups is 1. The van der Waals surface area contributed by atoms with Crippen molar-refractivity contribution >= 4 is 5.91 Å². The second kappa shape index (κ2) is 9.91. The molecule has 1 aromatic heterocycles. The minimum Gasteiger partial charge on any atom is -0.497 e. The van der Waals surface area contributed by atoms with Crippen molar-refractivity contribution in [1.82, 2.24) is 15.0 Å². The van der Waals surface area contributed by atoms with E-state index in [-0.39, 0.29) is 17.9 Å². The molecule has 5 rings (SSSR count). The van der Waals surface area contributed by atoms with Crippen LogP contribution in [0.1, 0.15) is 48.2 Å². The molecular formula is C28H27N3O3. The van der Waals surface area contributed by atoms with Crippen molar-refractivity contribution in [1.29, 1.82) is 0 Å². The van der Waals surface area contributed by atoms with Crippen LogP contribution in [0.4, 0.5) is 0 Å². The number of hydrogen-bond donors (Lipinski definition) is 0. The molecule has 0 aliphatic carbocycles. The number of hydrogen-bond acceptors (Lipinski definition) is 5. The summed E-state index contributed by atoms with van der Waals surface area (Å²) in [6.45, 7) is 0.663. The minimum absolute atomic E-state index is 0.0585. The van der Waals surface area contributed by atoms with Crippen molar-refractivity contribution in [2.45, 2.75) is 31.2 Å². The number of nitrogens with zero attached hydrogens (tertiary/aromatic N) is 3. The third kappa shape index (κ3) is 4.44. The molecule has 172 valence electrons. The summed E-state index contributed by atoms with van der Waals surface area (Å²) in [5.41, 5.74) is 2.77. The monoisotopic (exact) mass is 453 g/mol. The normalized spacial score (nSPS) is 15.9. The maximum absolute atomic E-state index is 14.1. The van der Waals surface area contributed by atoms with Crippen molar-refractivity contribution in [2.75, 3.05) is 13.7 Å². The molecule has 0 saturated carbocycles. The second-order valence-electron chi connectivity index (χ2n) is 8.49. The van der Waals surface area contributed by atoms with E-state index in [1.165, 1.54) is 0 Å². The van der Waals surface area contributed by atoms with Crippen LogP contribution in [0.2, 0.25) is 0 Å². The molecule has 3 aromatic carbocycles. The topological polar surface area (TPSA) is 68.5 Å². The Labute approximate surface area is 199 Å². The number of piperidine rings is 1. The van der Waals surface area contributed by atoms with Crippen LogP contribution in [0.25, 0.3) is 11.4 Å². The highest BCUT2D eigenvalue weighted by Gasteiger charge is 2.36. The molecule has 4 aromatic rings. The van der Waals surface area contributed by atoms with Gasteiger partial charge in [-0.05, 0) is 42.5 Å². The third-order valence-corrected chi connectivity index (χ3v) is 6.35. The fourth-order valence-corrected chi connectivity index (χ4v) is 4.64. The lowest BCUT2D eigenvalue weighted by Gasteiger charge is -2.36. The van der Waals surface area contributed by atoms with E-state index in [0.29, 0.717) is 18.3 Å². The number of aromatic nitrogens is 2. The molecule has 0 bridgehead atoms. The zero-order valence-corrected chi connectivity index (χ0v) is 19.1. The van der Waals surface area contributed by atoms with Gasteiger partial charge in [0, 0.05) is 12.1 Å². The van der Waals surface area contributed by atoms with Crippen molar-refractivity contribution in [3.05, 3.63) is 102 Å². The van der Waals surface area contributed by atoms with E-state index in [0.717, 1.165) is 41.7 Å². The highest BCUT2D eigenvalue weighted by molar-refractivity contribution is 5.87. The molecule has 6 nitrogen and oxygen atoms in total. The molecule has 0 radical (unpaired) electrons. The summed E-state index contributed by atoms with van der Waals surface area (Å²) >= 11 is 0. The van der Waals surface area contributed by atoms with Gasteiger partial charge in [0.2, 0.25) is 17.6 Å². The molecule has 1 atom stereocenters. The van der Waals surface area contributed by atoms with Crippen LogP contribution < -0.4 is 4.74 Å². The highest BCUT2D eigenvalue weighted by atomic mass is 16.5. The predicted octanol–water partition coefficient (Wildman–Crippen LogP) is 5.63. The van der Waals surface area contributed by atoms with Crippen molar-refractivity contribution in [2.24, 2.45) is 0 Å². The molecule has 1 unspecified atom stereocenters. The SMILES string of the molecule is COc1cccc(-c2noc(C3CCCCN3C(=O)C(c3ccccc3)c3ccccc3)n2)c1. The van der Waals surface area contributed by atoms with E-state index < -0.39 is 0 Å². The zero-order chi connectivity index (χ0) is 23.3. The molecule has 1 amide bonds. The molecule has 1 fully saturated rings. The van der Waals surface area contributed by atoms with Gasteiger partial charge in [-0.25, -0.2) is 0 Å². The van der Waals surface area contributed by atoms with Gasteiger partial charge < -0.3 is 14.2 Å². The Kier molecular flexibility index (Phi) is 6.38. The Morgan fingerprint density at radius 3 is 2.35 bits per heavy atom. The summed E-state index contributed by atoms with van der Waals surface area (Å²) in [5.74, 6) is 1.37. The second-order valence-corrected chi connectivity index (χ2v) is 8.49. The fraction of sp³-hybridized carbons (Fsp3) is 0.250. The van der Waals surface area contributed by atoms with E-state index in [9.17, 15) is 4.79 Å². The maximum Gasteiger partial charge on any atom is 0.249 e.